The van der Waals surface area contributed by atoms with Gasteiger partial charge < -0.3 is 10.2 Å². The lowest BCUT2D eigenvalue weighted by Gasteiger charge is -2.37. The third-order valence-corrected chi connectivity index (χ3v) is 10.6. The van der Waals surface area contributed by atoms with E-state index < -0.39 is 21.7 Å². The maximum atomic E-state index is 14.2. The van der Waals surface area contributed by atoms with Crippen LogP contribution in [-0.4, -0.2) is 78.8 Å². The number of imidazole rings is 1. The molecule has 1 aromatic heterocycles. The van der Waals surface area contributed by atoms with Gasteiger partial charge in [-0.05, 0) is 100 Å². The van der Waals surface area contributed by atoms with E-state index in [0.717, 1.165) is 77.4 Å². The molecule has 3 saturated heterocycles. The lowest BCUT2D eigenvalue weighted by molar-refractivity contribution is 0.166. The van der Waals surface area contributed by atoms with Crippen LogP contribution in [0.15, 0.2) is 35.4 Å². The van der Waals surface area contributed by atoms with Crippen LogP contribution in [0.25, 0.3) is 0 Å². The number of sulfonamides is 1. The summed E-state index contributed by atoms with van der Waals surface area (Å²) in [6.45, 7) is 6.25. The minimum atomic E-state index is -3.24. The van der Waals surface area contributed by atoms with E-state index in [9.17, 15) is 22.0 Å². The zero-order chi connectivity index (χ0) is 28.3. The predicted molar refractivity (Wildman–Crippen MR) is 152 cm³/mol. The number of likely N-dealkylation sites (tertiary alicyclic amines) is 1. The number of aromatic nitrogens is 2. The van der Waals surface area contributed by atoms with Gasteiger partial charge in [0.25, 0.3) is 0 Å². The van der Waals surface area contributed by atoms with E-state index in [4.69, 9.17) is 0 Å². The molecule has 0 amide bonds. The van der Waals surface area contributed by atoms with Crippen LogP contribution < -0.4 is 11.0 Å². The minimum absolute atomic E-state index is 0.0451. The summed E-state index contributed by atoms with van der Waals surface area (Å²) in [6.07, 6.45) is 11.2. The van der Waals surface area contributed by atoms with E-state index >= 15 is 0 Å². The zero-order valence-corrected chi connectivity index (χ0v) is 24.3. The highest BCUT2D eigenvalue weighted by Gasteiger charge is 2.32. The minimum Gasteiger partial charge on any atom is -0.317 e. The van der Waals surface area contributed by atoms with E-state index in [2.05, 4.69) is 10.2 Å². The van der Waals surface area contributed by atoms with Crippen molar-refractivity contribution >= 4 is 10.0 Å². The first-order valence-electron chi connectivity index (χ1n) is 14.8. The van der Waals surface area contributed by atoms with Gasteiger partial charge in [0.15, 0.2) is 0 Å². The molecule has 4 heterocycles. The van der Waals surface area contributed by atoms with Crippen LogP contribution in [0, 0.1) is 23.5 Å². The SMILES string of the molecule is CS(=O)(=O)N1CCC(C(CCN2CCC(n3ccn(CC4CCNCC4)c3=O)CC2)c2cc(F)cc(F)c2)CC1. The van der Waals surface area contributed by atoms with Crippen molar-refractivity contribution in [2.75, 3.05) is 52.1 Å². The summed E-state index contributed by atoms with van der Waals surface area (Å²) in [6, 6.07) is 3.96. The molecule has 222 valence electrons. The predicted octanol–water partition coefficient (Wildman–Crippen LogP) is 3.41. The number of piperidine rings is 3. The summed E-state index contributed by atoms with van der Waals surface area (Å²) < 4.78 is 57.6. The normalized spacial score (nSPS) is 22.1. The van der Waals surface area contributed by atoms with Crippen molar-refractivity contribution in [3.05, 3.63) is 58.3 Å². The van der Waals surface area contributed by atoms with Gasteiger partial charge in [-0.25, -0.2) is 26.3 Å². The van der Waals surface area contributed by atoms with Crippen molar-refractivity contribution in [2.24, 2.45) is 11.8 Å². The fraction of sp³-hybridized carbons (Fsp3) is 0.690. The van der Waals surface area contributed by atoms with Crippen molar-refractivity contribution in [2.45, 2.75) is 63.5 Å². The fourth-order valence-corrected chi connectivity index (χ4v) is 7.88. The largest absolute Gasteiger partial charge is 0.328 e. The Balaban J connectivity index is 1.18. The molecule has 8 nitrogen and oxygen atoms in total. The number of rotatable bonds is 9. The molecule has 0 aliphatic carbocycles. The van der Waals surface area contributed by atoms with Crippen molar-refractivity contribution in [3.8, 4) is 0 Å². The second-order valence-corrected chi connectivity index (χ2v) is 14.0. The summed E-state index contributed by atoms with van der Waals surface area (Å²) in [4.78, 5) is 15.5. The Morgan fingerprint density at radius 1 is 0.925 bits per heavy atom. The highest BCUT2D eigenvalue weighted by Crippen LogP contribution is 2.37. The van der Waals surface area contributed by atoms with Crippen molar-refractivity contribution < 1.29 is 17.2 Å². The number of halogens is 2. The van der Waals surface area contributed by atoms with Gasteiger partial charge >= 0.3 is 5.69 Å². The summed E-state index contributed by atoms with van der Waals surface area (Å²) in [5, 5.41) is 3.38. The third-order valence-electron chi connectivity index (χ3n) is 9.34. The summed E-state index contributed by atoms with van der Waals surface area (Å²) in [7, 11) is -3.24. The Morgan fingerprint density at radius 3 is 2.20 bits per heavy atom. The molecule has 3 aliphatic heterocycles. The first kappa shape index (κ1) is 29.4. The lowest BCUT2D eigenvalue weighted by atomic mass is 9.78. The zero-order valence-electron chi connectivity index (χ0n) is 23.5. The van der Waals surface area contributed by atoms with Crippen LogP contribution in [0.1, 0.15) is 62.5 Å². The molecule has 3 aliphatic rings. The standard InChI is InChI=1S/C29H43F2N5O3S/c1-40(38,39)35-14-4-23(5-15-35)28(24-18-25(30)20-26(31)19-24)8-13-33-11-6-27(7-12-33)36-17-16-34(29(36)37)21-22-2-9-32-10-3-22/h16-20,22-23,27-28,32H,2-15,21H2,1H3. The third kappa shape index (κ3) is 7.21. The monoisotopic (exact) mass is 579 g/mol. The molecule has 1 atom stereocenters. The summed E-state index contributed by atoms with van der Waals surface area (Å²) >= 11 is 0. The van der Waals surface area contributed by atoms with Gasteiger partial charge in [-0.2, -0.15) is 0 Å². The van der Waals surface area contributed by atoms with Crippen LogP contribution in [0.2, 0.25) is 0 Å². The molecule has 0 spiro atoms. The molecule has 0 bridgehead atoms. The number of nitrogens with one attached hydrogen (secondary N) is 1. The highest BCUT2D eigenvalue weighted by atomic mass is 32.2. The Bertz CT molecular complexity index is 1270. The Kier molecular flexibility index (Phi) is 9.44. The summed E-state index contributed by atoms with van der Waals surface area (Å²) in [5.74, 6) is -0.486. The quantitative estimate of drug-likeness (QED) is 0.493. The van der Waals surface area contributed by atoms with Gasteiger partial charge in [-0.3, -0.25) is 9.13 Å². The average Bonchev–Trinajstić information content (AvgIpc) is 3.28. The van der Waals surface area contributed by atoms with Gasteiger partial charge in [-0.1, -0.05) is 0 Å². The van der Waals surface area contributed by atoms with Crippen LogP contribution in [-0.2, 0) is 16.6 Å². The number of nitrogens with zero attached hydrogens (tertiary/aromatic N) is 4. The highest BCUT2D eigenvalue weighted by molar-refractivity contribution is 7.88. The number of hydrogen-bond acceptors (Lipinski definition) is 5. The topological polar surface area (TPSA) is 79.6 Å². The van der Waals surface area contributed by atoms with Gasteiger partial charge in [0.05, 0.1) is 6.26 Å². The Hall–Kier alpha value is -2.08. The lowest BCUT2D eigenvalue weighted by Crippen LogP contribution is -2.41. The van der Waals surface area contributed by atoms with Gasteiger partial charge in [0.1, 0.15) is 11.6 Å². The second-order valence-electron chi connectivity index (χ2n) is 12.0. The molecular weight excluding hydrogens is 536 g/mol. The smallest absolute Gasteiger partial charge is 0.317 e. The Labute approximate surface area is 236 Å². The second kappa shape index (κ2) is 12.8. The van der Waals surface area contributed by atoms with Gasteiger partial charge in [0, 0.05) is 57.2 Å². The van der Waals surface area contributed by atoms with E-state index in [0.29, 0.717) is 37.4 Å². The van der Waals surface area contributed by atoms with Crippen LogP contribution in [0.4, 0.5) is 8.78 Å². The molecule has 1 N–H and O–H groups in total. The van der Waals surface area contributed by atoms with Crippen LogP contribution >= 0.6 is 0 Å². The van der Waals surface area contributed by atoms with E-state index in [1.807, 2.05) is 21.5 Å². The Morgan fingerprint density at radius 2 is 1.57 bits per heavy atom. The molecule has 1 unspecified atom stereocenters. The fourth-order valence-electron chi connectivity index (χ4n) is 7.00. The van der Waals surface area contributed by atoms with E-state index in [-0.39, 0.29) is 23.6 Å². The molecule has 0 saturated carbocycles. The molecule has 40 heavy (non-hydrogen) atoms. The van der Waals surface area contributed by atoms with Crippen LogP contribution in [0.3, 0.4) is 0 Å². The number of benzene rings is 1. The van der Waals surface area contributed by atoms with Gasteiger partial charge in [0.2, 0.25) is 10.0 Å². The van der Waals surface area contributed by atoms with Crippen molar-refractivity contribution in [1.29, 1.82) is 0 Å². The molecule has 0 radical (unpaired) electrons. The molecule has 1 aromatic carbocycles. The first-order valence-corrected chi connectivity index (χ1v) is 16.6. The summed E-state index contributed by atoms with van der Waals surface area (Å²) in [5.41, 5.74) is 0.748. The van der Waals surface area contributed by atoms with Crippen molar-refractivity contribution in [3.63, 3.8) is 0 Å². The first-order chi connectivity index (χ1) is 19.2. The molecule has 11 heteroatoms. The maximum absolute atomic E-state index is 14.2. The van der Waals surface area contributed by atoms with Crippen LogP contribution in [0.5, 0.6) is 0 Å². The molecule has 3 fully saturated rings. The number of hydrogen-bond donors (Lipinski definition) is 1. The molecular formula is C29H43F2N5O3S. The van der Waals surface area contributed by atoms with Gasteiger partial charge in [-0.15, -0.1) is 0 Å². The average molecular weight is 580 g/mol. The van der Waals surface area contributed by atoms with E-state index in [1.165, 1.54) is 22.7 Å². The molecule has 5 rings (SSSR count). The van der Waals surface area contributed by atoms with Crippen molar-refractivity contribution in [1.82, 2.24) is 23.7 Å². The molecule has 2 aromatic rings. The van der Waals surface area contributed by atoms with E-state index in [1.54, 1.807) is 0 Å². The maximum Gasteiger partial charge on any atom is 0.328 e.